The van der Waals surface area contributed by atoms with Crippen LogP contribution in [0.15, 0.2) is 99.3 Å². The number of benzene rings is 3. The quantitative estimate of drug-likeness (QED) is 0.543. The standard InChI is InChI=1S/C22H19N3O2S/c1-16(21(17-10-4-2-5-11-17)18-12-6-3-7-13-18)23-24-22-19-14-8-9-15-20(19)28(26,27)25-22/h2-15,21H,1H3,(H,24,25). The van der Waals surface area contributed by atoms with Gasteiger partial charge < -0.3 is 0 Å². The largest absolute Gasteiger partial charge is 0.285 e. The molecule has 0 fully saturated rings. The van der Waals surface area contributed by atoms with Gasteiger partial charge in [0.1, 0.15) is 4.90 Å². The molecule has 1 aliphatic heterocycles. The number of nitrogens with zero attached hydrogens (tertiary/aromatic N) is 2. The zero-order valence-electron chi connectivity index (χ0n) is 15.3. The highest BCUT2D eigenvalue weighted by Gasteiger charge is 2.28. The van der Waals surface area contributed by atoms with Crippen molar-refractivity contribution in [2.75, 3.05) is 0 Å². The molecule has 4 rings (SSSR count). The van der Waals surface area contributed by atoms with Crippen molar-refractivity contribution in [1.82, 2.24) is 5.43 Å². The zero-order chi connectivity index (χ0) is 19.6. The topological polar surface area (TPSA) is 70.9 Å². The zero-order valence-corrected chi connectivity index (χ0v) is 16.1. The van der Waals surface area contributed by atoms with Crippen LogP contribution >= 0.6 is 0 Å². The third kappa shape index (κ3) is 3.46. The first-order valence-corrected chi connectivity index (χ1v) is 10.3. The van der Waals surface area contributed by atoms with Gasteiger partial charge in [-0.15, -0.1) is 4.40 Å². The Hall–Kier alpha value is -3.25. The molecule has 0 aliphatic carbocycles. The maximum absolute atomic E-state index is 12.2. The summed E-state index contributed by atoms with van der Waals surface area (Å²) in [5.74, 6) is 0.193. The van der Waals surface area contributed by atoms with E-state index < -0.39 is 10.0 Å². The van der Waals surface area contributed by atoms with Gasteiger partial charge in [0, 0.05) is 17.2 Å². The molecule has 0 bridgehead atoms. The van der Waals surface area contributed by atoms with Crippen LogP contribution in [0.5, 0.6) is 0 Å². The van der Waals surface area contributed by atoms with E-state index in [0.717, 1.165) is 16.8 Å². The number of fused-ring (bicyclic) bond motifs is 1. The molecule has 0 atom stereocenters. The minimum absolute atomic E-state index is 0.0521. The van der Waals surface area contributed by atoms with E-state index in [9.17, 15) is 8.42 Å². The van der Waals surface area contributed by atoms with Crippen molar-refractivity contribution in [3.63, 3.8) is 0 Å². The first kappa shape index (κ1) is 18.1. The van der Waals surface area contributed by atoms with Gasteiger partial charge in [-0.3, -0.25) is 5.43 Å². The lowest BCUT2D eigenvalue weighted by atomic mass is 9.88. The van der Waals surface area contributed by atoms with Gasteiger partial charge in [0.25, 0.3) is 10.0 Å². The molecule has 0 radical (unpaired) electrons. The second-order valence-electron chi connectivity index (χ2n) is 6.53. The summed E-state index contributed by atoms with van der Waals surface area (Å²) < 4.78 is 28.3. The number of sulfonamides is 1. The van der Waals surface area contributed by atoms with Crippen molar-refractivity contribution in [3.05, 3.63) is 102 Å². The Balaban J connectivity index is 1.69. The predicted molar refractivity (Wildman–Crippen MR) is 111 cm³/mol. The molecule has 0 saturated carbocycles. The first-order valence-electron chi connectivity index (χ1n) is 8.91. The summed E-state index contributed by atoms with van der Waals surface area (Å²) in [4.78, 5) is 0.202. The molecule has 140 valence electrons. The Bertz CT molecular complexity index is 1120. The van der Waals surface area contributed by atoms with Crippen molar-refractivity contribution in [2.45, 2.75) is 17.7 Å². The van der Waals surface area contributed by atoms with E-state index in [2.05, 4.69) is 39.2 Å². The first-order chi connectivity index (χ1) is 13.6. The van der Waals surface area contributed by atoms with Gasteiger partial charge in [-0.2, -0.15) is 13.5 Å². The predicted octanol–water partition coefficient (Wildman–Crippen LogP) is 3.93. The van der Waals surface area contributed by atoms with Gasteiger partial charge in [-0.05, 0) is 30.2 Å². The van der Waals surface area contributed by atoms with Crippen LogP contribution in [0.1, 0.15) is 29.5 Å². The molecule has 0 unspecified atom stereocenters. The van der Waals surface area contributed by atoms with Gasteiger partial charge in [-0.1, -0.05) is 72.8 Å². The fraction of sp³-hybridized carbons (Fsp3) is 0.0909. The monoisotopic (exact) mass is 389 g/mol. The molecule has 0 spiro atoms. The van der Waals surface area contributed by atoms with Crippen molar-refractivity contribution in [3.8, 4) is 0 Å². The molecule has 1 aliphatic rings. The van der Waals surface area contributed by atoms with E-state index in [1.165, 1.54) is 0 Å². The van der Waals surface area contributed by atoms with E-state index in [4.69, 9.17) is 0 Å². The highest BCUT2D eigenvalue weighted by molar-refractivity contribution is 7.90. The van der Waals surface area contributed by atoms with Gasteiger partial charge in [0.2, 0.25) is 0 Å². The normalized spacial score (nSPS) is 15.2. The maximum Gasteiger partial charge on any atom is 0.285 e. The average molecular weight is 389 g/mol. The number of hydrogen-bond acceptors (Lipinski definition) is 4. The molecule has 0 aromatic heterocycles. The molecule has 6 heteroatoms. The van der Waals surface area contributed by atoms with E-state index in [1.54, 1.807) is 24.3 Å². The van der Waals surface area contributed by atoms with Gasteiger partial charge in [0.15, 0.2) is 5.84 Å². The highest BCUT2D eigenvalue weighted by atomic mass is 32.2. The Labute approximate surface area is 164 Å². The molecule has 1 heterocycles. The fourth-order valence-corrected chi connectivity index (χ4v) is 4.53. The van der Waals surface area contributed by atoms with Crippen LogP contribution in [0.25, 0.3) is 0 Å². The number of hydrogen-bond donors (Lipinski definition) is 1. The summed E-state index contributed by atoms with van der Waals surface area (Å²) in [6.07, 6.45) is 0. The summed E-state index contributed by atoms with van der Waals surface area (Å²) in [6, 6.07) is 26.9. The minimum atomic E-state index is -3.67. The van der Waals surface area contributed by atoms with Crippen LogP contribution in [0.3, 0.4) is 0 Å². The van der Waals surface area contributed by atoms with Crippen molar-refractivity contribution in [1.29, 1.82) is 0 Å². The molecule has 5 nitrogen and oxygen atoms in total. The molecule has 3 aromatic rings. The summed E-state index contributed by atoms with van der Waals surface area (Å²) in [5, 5.41) is 4.50. The number of rotatable bonds is 4. The smallest absolute Gasteiger partial charge is 0.260 e. The Kier molecular flexibility index (Phi) is 4.79. The molecular formula is C22H19N3O2S. The van der Waals surface area contributed by atoms with E-state index in [1.807, 2.05) is 43.3 Å². The minimum Gasteiger partial charge on any atom is -0.260 e. The van der Waals surface area contributed by atoms with Gasteiger partial charge >= 0.3 is 0 Å². The van der Waals surface area contributed by atoms with Crippen LogP contribution in [0.4, 0.5) is 0 Å². The van der Waals surface area contributed by atoms with Crippen LogP contribution in [0, 0.1) is 0 Å². The van der Waals surface area contributed by atoms with Crippen LogP contribution in [-0.2, 0) is 10.0 Å². The van der Waals surface area contributed by atoms with Crippen molar-refractivity contribution < 1.29 is 8.42 Å². The summed E-state index contributed by atoms with van der Waals surface area (Å²) >= 11 is 0. The summed E-state index contributed by atoms with van der Waals surface area (Å²) in [5.41, 5.74) is 6.44. The lowest BCUT2D eigenvalue weighted by Crippen LogP contribution is -2.21. The molecular weight excluding hydrogens is 370 g/mol. The highest BCUT2D eigenvalue weighted by Crippen LogP contribution is 2.27. The van der Waals surface area contributed by atoms with E-state index in [-0.39, 0.29) is 16.6 Å². The molecule has 3 aromatic carbocycles. The maximum atomic E-state index is 12.2. The number of amidine groups is 1. The lowest BCUT2D eigenvalue weighted by Gasteiger charge is -2.18. The van der Waals surface area contributed by atoms with Crippen LogP contribution in [-0.4, -0.2) is 20.0 Å². The third-order valence-electron chi connectivity index (χ3n) is 4.65. The van der Waals surface area contributed by atoms with Crippen LogP contribution in [0.2, 0.25) is 0 Å². The van der Waals surface area contributed by atoms with Crippen molar-refractivity contribution >= 4 is 21.6 Å². The van der Waals surface area contributed by atoms with E-state index in [0.29, 0.717) is 5.56 Å². The van der Waals surface area contributed by atoms with Crippen LogP contribution < -0.4 is 5.43 Å². The Morgan fingerprint density at radius 1 is 0.857 bits per heavy atom. The van der Waals surface area contributed by atoms with Gasteiger partial charge in [0.05, 0.1) is 0 Å². The number of hydrazone groups is 1. The van der Waals surface area contributed by atoms with E-state index >= 15 is 0 Å². The summed E-state index contributed by atoms with van der Waals surface area (Å²) in [7, 11) is -3.67. The molecule has 1 N–H and O–H groups in total. The lowest BCUT2D eigenvalue weighted by molar-refractivity contribution is 0.599. The Morgan fingerprint density at radius 3 is 2.00 bits per heavy atom. The second kappa shape index (κ2) is 7.40. The average Bonchev–Trinajstić information content (AvgIpc) is 2.99. The third-order valence-corrected chi connectivity index (χ3v) is 5.99. The fourth-order valence-electron chi connectivity index (χ4n) is 3.36. The second-order valence-corrected chi connectivity index (χ2v) is 8.10. The number of nitrogens with one attached hydrogen (secondary N) is 1. The van der Waals surface area contributed by atoms with Crippen molar-refractivity contribution in [2.24, 2.45) is 9.50 Å². The molecule has 0 saturated heterocycles. The molecule has 0 amide bonds. The summed E-state index contributed by atoms with van der Waals surface area (Å²) in [6.45, 7) is 1.92. The SMILES string of the molecule is CC(=NNC1=NS(=O)(=O)c2ccccc21)C(c1ccccc1)c1ccccc1. The Morgan fingerprint density at radius 2 is 1.39 bits per heavy atom. The van der Waals surface area contributed by atoms with Gasteiger partial charge in [-0.25, -0.2) is 0 Å². The molecule has 28 heavy (non-hydrogen) atoms.